The molecule has 0 aromatic heterocycles. The Balaban J connectivity index is 1.52. The molecule has 0 aliphatic carbocycles. The van der Waals surface area contributed by atoms with E-state index in [2.05, 4.69) is 27.2 Å². The first-order valence-electron chi connectivity index (χ1n) is 8.69. The van der Waals surface area contributed by atoms with Crippen LogP contribution >= 0.6 is 11.6 Å². The molecule has 0 spiro atoms. The van der Waals surface area contributed by atoms with Crippen LogP contribution < -0.4 is 5.32 Å². The van der Waals surface area contributed by atoms with E-state index >= 15 is 0 Å². The van der Waals surface area contributed by atoms with Gasteiger partial charge < -0.3 is 10.2 Å². The zero-order valence-corrected chi connectivity index (χ0v) is 14.4. The summed E-state index contributed by atoms with van der Waals surface area (Å²) < 4.78 is 0. The van der Waals surface area contributed by atoms with Crippen molar-refractivity contribution >= 4 is 17.5 Å². The number of nitrogens with one attached hydrogen (secondary N) is 1. The second-order valence-electron chi connectivity index (χ2n) is 6.62. The van der Waals surface area contributed by atoms with E-state index in [0.29, 0.717) is 5.91 Å². The third kappa shape index (κ3) is 4.69. The van der Waals surface area contributed by atoms with Crippen LogP contribution in [0.25, 0.3) is 0 Å². The van der Waals surface area contributed by atoms with E-state index in [4.69, 9.17) is 11.6 Å². The number of amides is 1. The third-order valence-electron chi connectivity index (χ3n) is 4.87. The summed E-state index contributed by atoms with van der Waals surface area (Å²) in [4.78, 5) is 17.2. The number of piperidine rings is 1. The number of nitrogens with zero attached hydrogens (tertiary/aromatic N) is 2. The molecule has 1 aromatic carbocycles. The number of benzene rings is 1. The van der Waals surface area contributed by atoms with Gasteiger partial charge in [0.1, 0.15) is 0 Å². The molecule has 2 fully saturated rings. The molecular weight excluding hydrogens is 310 g/mol. The van der Waals surface area contributed by atoms with Crippen molar-refractivity contribution in [3.8, 4) is 0 Å². The average Bonchev–Trinajstić information content (AvgIpc) is 2.83. The van der Waals surface area contributed by atoms with E-state index in [0.717, 1.165) is 70.1 Å². The normalized spacial score (nSPS) is 23.5. The fourth-order valence-electron chi connectivity index (χ4n) is 3.52. The monoisotopic (exact) mass is 335 g/mol. The topological polar surface area (TPSA) is 35.6 Å². The molecule has 0 saturated carbocycles. The van der Waals surface area contributed by atoms with Crippen LogP contribution in [-0.4, -0.2) is 55.0 Å². The molecular formula is C18H26ClN3O. The van der Waals surface area contributed by atoms with Crippen LogP contribution in [0.1, 0.15) is 24.8 Å². The van der Waals surface area contributed by atoms with Crippen molar-refractivity contribution in [2.75, 3.05) is 39.3 Å². The van der Waals surface area contributed by atoms with E-state index in [9.17, 15) is 4.79 Å². The van der Waals surface area contributed by atoms with Crippen molar-refractivity contribution in [1.29, 1.82) is 0 Å². The standard InChI is InChI=1S/C18H26ClN3O/c19-17-6-4-15(5-7-17)14-21-9-2-10-22(12-11-21)18(23)16-3-1-8-20-13-16/h4-7,16,20H,1-3,8-14H2. The molecule has 1 unspecified atom stereocenters. The van der Waals surface area contributed by atoms with Crippen molar-refractivity contribution in [1.82, 2.24) is 15.1 Å². The summed E-state index contributed by atoms with van der Waals surface area (Å²) in [7, 11) is 0. The zero-order valence-electron chi connectivity index (χ0n) is 13.6. The second-order valence-corrected chi connectivity index (χ2v) is 7.06. The Morgan fingerprint density at radius 3 is 2.70 bits per heavy atom. The first kappa shape index (κ1) is 16.7. The van der Waals surface area contributed by atoms with Crippen molar-refractivity contribution in [3.63, 3.8) is 0 Å². The third-order valence-corrected chi connectivity index (χ3v) is 5.12. The van der Waals surface area contributed by atoms with Gasteiger partial charge in [-0.15, -0.1) is 0 Å². The van der Waals surface area contributed by atoms with E-state index in [-0.39, 0.29) is 5.92 Å². The summed E-state index contributed by atoms with van der Waals surface area (Å²) in [5.41, 5.74) is 1.28. The molecule has 23 heavy (non-hydrogen) atoms. The summed E-state index contributed by atoms with van der Waals surface area (Å²) in [6.07, 6.45) is 3.21. The minimum Gasteiger partial charge on any atom is -0.341 e. The summed E-state index contributed by atoms with van der Waals surface area (Å²) in [6.45, 7) is 6.59. The fraction of sp³-hybridized carbons (Fsp3) is 0.611. The Bertz CT molecular complexity index is 514. The van der Waals surface area contributed by atoms with Gasteiger partial charge in [-0.2, -0.15) is 0 Å². The molecule has 2 aliphatic heterocycles. The zero-order chi connectivity index (χ0) is 16.1. The molecule has 2 heterocycles. The summed E-state index contributed by atoms with van der Waals surface area (Å²) in [5, 5.41) is 4.13. The lowest BCUT2D eigenvalue weighted by Gasteiger charge is -2.29. The average molecular weight is 336 g/mol. The van der Waals surface area contributed by atoms with Crippen LogP contribution in [0.5, 0.6) is 0 Å². The Kier molecular flexibility index (Phi) is 5.92. The van der Waals surface area contributed by atoms with Gasteiger partial charge in [0.25, 0.3) is 0 Å². The second kappa shape index (κ2) is 8.13. The van der Waals surface area contributed by atoms with Crippen LogP contribution in [0, 0.1) is 5.92 Å². The number of hydrogen-bond donors (Lipinski definition) is 1. The van der Waals surface area contributed by atoms with E-state index in [1.54, 1.807) is 0 Å². The lowest BCUT2D eigenvalue weighted by Crippen LogP contribution is -2.44. The SMILES string of the molecule is O=C(C1CCCNC1)N1CCCN(Cc2ccc(Cl)cc2)CC1. The highest BCUT2D eigenvalue weighted by Crippen LogP contribution is 2.17. The molecule has 126 valence electrons. The van der Waals surface area contributed by atoms with Crippen LogP contribution in [0.3, 0.4) is 0 Å². The highest BCUT2D eigenvalue weighted by atomic mass is 35.5. The maximum absolute atomic E-state index is 12.7. The number of halogens is 1. The van der Waals surface area contributed by atoms with Gasteiger partial charge >= 0.3 is 0 Å². The van der Waals surface area contributed by atoms with Crippen molar-refractivity contribution < 1.29 is 4.79 Å². The predicted molar refractivity (Wildman–Crippen MR) is 93.5 cm³/mol. The quantitative estimate of drug-likeness (QED) is 0.921. The van der Waals surface area contributed by atoms with Gasteiger partial charge in [0.05, 0.1) is 5.92 Å². The minimum absolute atomic E-state index is 0.187. The van der Waals surface area contributed by atoms with Crippen LogP contribution in [0.2, 0.25) is 5.02 Å². The van der Waals surface area contributed by atoms with E-state index in [1.165, 1.54) is 5.56 Å². The molecule has 1 amide bonds. The van der Waals surface area contributed by atoms with Crippen molar-refractivity contribution in [3.05, 3.63) is 34.9 Å². The summed E-state index contributed by atoms with van der Waals surface area (Å²) in [6, 6.07) is 8.06. The van der Waals surface area contributed by atoms with Crippen molar-refractivity contribution in [2.45, 2.75) is 25.8 Å². The maximum atomic E-state index is 12.7. The molecule has 2 saturated heterocycles. The number of rotatable bonds is 3. The van der Waals surface area contributed by atoms with E-state index in [1.807, 2.05) is 12.1 Å². The Hall–Kier alpha value is -1.10. The maximum Gasteiger partial charge on any atom is 0.227 e. The number of carbonyl (C=O) groups excluding carboxylic acids is 1. The molecule has 0 radical (unpaired) electrons. The lowest BCUT2D eigenvalue weighted by atomic mass is 9.98. The van der Waals surface area contributed by atoms with Crippen molar-refractivity contribution in [2.24, 2.45) is 5.92 Å². The Morgan fingerprint density at radius 2 is 1.96 bits per heavy atom. The fourth-order valence-corrected chi connectivity index (χ4v) is 3.64. The Labute approximate surface area is 143 Å². The predicted octanol–water partition coefficient (Wildman–Crippen LogP) is 2.37. The summed E-state index contributed by atoms with van der Waals surface area (Å²) >= 11 is 5.95. The van der Waals surface area contributed by atoms with E-state index < -0.39 is 0 Å². The molecule has 1 aromatic rings. The van der Waals surface area contributed by atoms with Gasteiger partial charge in [0.2, 0.25) is 5.91 Å². The first-order chi connectivity index (χ1) is 11.2. The largest absolute Gasteiger partial charge is 0.341 e. The molecule has 0 bridgehead atoms. The molecule has 2 aliphatic rings. The van der Waals surface area contributed by atoms with Gasteiger partial charge in [0.15, 0.2) is 0 Å². The van der Waals surface area contributed by atoms with Gasteiger partial charge in [0, 0.05) is 44.3 Å². The van der Waals surface area contributed by atoms with Crippen LogP contribution in [0.4, 0.5) is 0 Å². The van der Waals surface area contributed by atoms with Crippen LogP contribution in [-0.2, 0) is 11.3 Å². The van der Waals surface area contributed by atoms with Crippen LogP contribution in [0.15, 0.2) is 24.3 Å². The minimum atomic E-state index is 0.187. The molecule has 1 atom stereocenters. The van der Waals surface area contributed by atoms with Gasteiger partial charge in [-0.05, 0) is 43.5 Å². The molecule has 4 nitrogen and oxygen atoms in total. The smallest absolute Gasteiger partial charge is 0.227 e. The molecule has 5 heteroatoms. The number of hydrogen-bond acceptors (Lipinski definition) is 3. The summed E-state index contributed by atoms with van der Waals surface area (Å²) in [5.74, 6) is 0.539. The highest BCUT2D eigenvalue weighted by Gasteiger charge is 2.27. The molecule has 1 N–H and O–H groups in total. The molecule has 3 rings (SSSR count). The first-order valence-corrected chi connectivity index (χ1v) is 9.06. The van der Waals surface area contributed by atoms with Gasteiger partial charge in [-0.25, -0.2) is 0 Å². The van der Waals surface area contributed by atoms with Gasteiger partial charge in [-0.1, -0.05) is 23.7 Å². The lowest BCUT2D eigenvalue weighted by molar-refractivity contribution is -0.135. The van der Waals surface area contributed by atoms with Gasteiger partial charge in [-0.3, -0.25) is 9.69 Å². The highest BCUT2D eigenvalue weighted by molar-refractivity contribution is 6.30. The Morgan fingerprint density at radius 1 is 1.13 bits per heavy atom. The number of carbonyl (C=O) groups is 1.